The zero-order valence-electron chi connectivity index (χ0n) is 9.54. The zero-order chi connectivity index (χ0) is 13.1. The molecule has 94 valence electrons. The van der Waals surface area contributed by atoms with Crippen LogP contribution in [0.15, 0.2) is 28.2 Å². The van der Waals surface area contributed by atoms with Gasteiger partial charge in [0, 0.05) is 21.2 Å². The lowest BCUT2D eigenvalue weighted by molar-refractivity contribution is 0.0951. The van der Waals surface area contributed by atoms with Gasteiger partial charge in [-0.3, -0.25) is 9.78 Å². The average molecular weight is 346 g/mol. The van der Waals surface area contributed by atoms with Crippen LogP contribution in [0, 0.1) is 6.92 Å². The molecule has 18 heavy (non-hydrogen) atoms. The van der Waals surface area contributed by atoms with E-state index in [9.17, 15) is 4.79 Å². The van der Waals surface area contributed by atoms with Crippen LogP contribution in [0.4, 0.5) is 0 Å². The number of amides is 1. The number of aromatic nitrogens is 1. The molecule has 0 unspecified atom stereocenters. The van der Waals surface area contributed by atoms with E-state index in [2.05, 4.69) is 26.2 Å². The summed E-state index contributed by atoms with van der Waals surface area (Å²) >= 11 is 11.0. The summed E-state index contributed by atoms with van der Waals surface area (Å²) in [4.78, 5) is 17.1. The van der Waals surface area contributed by atoms with Gasteiger partial charge in [-0.05, 0) is 40.4 Å². The van der Waals surface area contributed by atoms with Crippen molar-refractivity contribution >= 4 is 44.8 Å². The van der Waals surface area contributed by atoms with Crippen molar-refractivity contribution < 1.29 is 4.79 Å². The average Bonchev–Trinajstić information content (AvgIpc) is 2.72. The Morgan fingerprint density at radius 2 is 2.39 bits per heavy atom. The summed E-state index contributed by atoms with van der Waals surface area (Å²) in [6, 6.07) is 3.63. The third-order valence-electron chi connectivity index (χ3n) is 2.34. The van der Waals surface area contributed by atoms with Gasteiger partial charge in [0.15, 0.2) is 0 Å². The number of halogens is 2. The molecule has 2 heterocycles. The van der Waals surface area contributed by atoms with Gasteiger partial charge in [-0.2, -0.15) is 0 Å². The molecular weight excluding hydrogens is 336 g/mol. The number of aryl methyl sites for hydroxylation is 1. The number of hydrogen-bond donors (Lipinski definition) is 1. The predicted octanol–water partition coefficient (Wildman–Crippen LogP) is 3.80. The highest BCUT2D eigenvalue weighted by atomic mass is 79.9. The normalized spacial score (nSPS) is 10.4. The third-order valence-corrected chi connectivity index (χ3v) is 4.57. The van der Waals surface area contributed by atoms with E-state index in [1.807, 2.05) is 18.4 Å². The molecule has 2 aromatic rings. The molecule has 0 aromatic carbocycles. The van der Waals surface area contributed by atoms with Crippen molar-refractivity contribution in [3.63, 3.8) is 0 Å². The molecule has 0 atom stereocenters. The first kappa shape index (κ1) is 13.5. The van der Waals surface area contributed by atoms with Crippen LogP contribution in [0.1, 0.15) is 20.9 Å². The van der Waals surface area contributed by atoms with Crippen LogP contribution in [0.5, 0.6) is 0 Å². The first-order chi connectivity index (χ1) is 8.58. The maximum absolute atomic E-state index is 11.9. The van der Waals surface area contributed by atoms with Crippen LogP contribution >= 0.6 is 38.9 Å². The van der Waals surface area contributed by atoms with Crippen molar-refractivity contribution in [2.45, 2.75) is 13.5 Å². The topological polar surface area (TPSA) is 42.0 Å². The van der Waals surface area contributed by atoms with E-state index in [0.29, 0.717) is 17.1 Å². The number of carbonyl (C=O) groups excluding carboxylic acids is 1. The molecule has 1 N–H and O–H groups in total. The number of hydrogen-bond acceptors (Lipinski definition) is 3. The quantitative estimate of drug-likeness (QED) is 0.919. The minimum Gasteiger partial charge on any atom is -0.347 e. The van der Waals surface area contributed by atoms with Gasteiger partial charge in [0.25, 0.3) is 5.91 Å². The van der Waals surface area contributed by atoms with Gasteiger partial charge in [0.1, 0.15) is 0 Å². The first-order valence-electron chi connectivity index (χ1n) is 5.20. The van der Waals surface area contributed by atoms with Crippen molar-refractivity contribution in [3.8, 4) is 0 Å². The molecule has 0 fully saturated rings. The minimum absolute atomic E-state index is 0.215. The Morgan fingerprint density at radius 3 is 3.00 bits per heavy atom. The Labute approximate surface area is 122 Å². The summed E-state index contributed by atoms with van der Waals surface area (Å²) in [5.41, 5.74) is 1.19. The monoisotopic (exact) mass is 344 g/mol. The predicted molar refractivity (Wildman–Crippen MR) is 77.2 cm³/mol. The molecule has 1 amide bonds. The van der Waals surface area contributed by atoms with E-state index in [1.54, 1.807) is 17.4 Å². The Bertz CT molecular complexity index is 585. The van der Waals surface area contributed by atoms with Gasteiger partial charge in [0.2, 0.25) is 0 Å². The van der Waals surface area contributed by atoms with Crippen molar-refractivity contribution in [3.05, 3.63) is 49.3 Å². The minimum atomic E-state index is -0.215. The summed E-state index contributed by atoms with van der Waals surface area (Å²) < 4.78 is 1.00. The van der Waals surface area contributed by atoms with E-state index in [-0.39, 0.29) is 5.91 Å². The fourth-order valence-corrected chi connectivity index (χ4v) is 3.13. The van der Waals surface area contributed by atoms with Crippen LogP contribution in [0.3, 0.4) is 0 Å². The van der Waals surface area contributed by atoms with Gasteiger partial charge in [-0.1, -0.05) is 11.6 Å². The second-order valence-electron chi connectivity index (χ2n) is 3.68. The van der Waals surface area contributed by atoms with Crippen LogP contribution < -0.4 is 5.32 Å². The molecule has 0 spiro atoms. The number of pyridine rings is 1. The first-order valence-corrected chi connectivity index (χ1v) is 7.25. The van der Waals surface area contributed by atoms with Crippen LogP contribution in [0.25, 0.3) is 0 Å². The van der Waals surface area contributed by atoms with Crippen LogP contribution in [-0.4, -0.2) is 10.9 Å². The molecule has 0 saturated carbocycles. The maximum Gasteiger partial charge on any atom is 0.254 e. The summed E-state index contributed by atoms with van der Waals surface area (Å²) in [7, 11) is 0. The van der Waals surface area contributed by atoms with Crippen LogP contribution in [0.2, 0.25) is 5.02 Å². The smallest absolute Gasteiger partial charge is 0.254 e. The molecule has 3 nitrogen and oxygen atoms in total. The Balaban J connectivity index is 2.06. The van der Waals surface area contributed by atoms with Gasteiger partial charge >= 0.3 is 0 Å². The molecule has 6 heteroatoms. The summed E-state index contributed by atoms with van der Waals surface area (Å²) in [6.07, 6.45) is 1.50. The van der Waals surface area contributed by atoms with E-state index in [1.165, 1.54) is 6.20 Å². The number of carbonyl (C=O) groups is 1. The number of nitrogens with zero attached hydrogens (tertiary/aromatic N) is 1. The lowest BCUT2D eigenvalue weighted by Gasteiger charge is -2.06. The maximum atomic E-state index is 11.9. The Hall–Kier alpha value is -0.910. The summed E-state index contributed by atoms with van der Waals surface area (Å²) in [6.45, 7) is 2.30. The lowest BCUT2D eigenvalue weighted by Crippen LogP contribution is -2.23. The van der Waals surface area contributed by atoms with E-state index >= 15 is 0 Å². The molecule has 0 aliphatic carbocycles. The number of rotatable bonds is 3. The second-order valence-corrected chi connectivity index (χ2v) is 5.94. The molecule has 0 aliphatic rings. The molecular formula is C12H10BrClN2OS. The fraction of sp³-hybridized carbons (Fsp3) is 0.167. The van der Waals surface area contributed by atoms with Crippen LogP contribution in [-0.2, 0) is 6.54 Å². The zero-order valence-corrected chi connectivity index (χ0v) is 12.7. The van der Waals surface area contributed by atoms with Gasteiger partial charge < -0.3 is 5.32 Å². The van der Waals surface area contributed by atoms with Crippen molar-refractivity contribution in [2.75, 3.05) is 0 Å². The standard InChI is InChI=1S/C12H10BrClN2OS/c1-7-4-10(14)8(5-15-7)12(17)16-6-11-9(13)2-3-18-11/h2-5H,6H2,1H3,(H,16,17). The molecule has 0 bridgehead atoms. The highest BCUT2D eigenvalue weighted by Crippen LogP contribution is 2.22. The highest BCUT2D eigenvalue weighted by molar-refractivity contribution is 9.10. The Kier molecular flexibility index (Phi) is 4.37. The number of thiophene rings is 1. The van der Waals surface area contributed by atoms with E-state index < -0.39 is 0 Å². The summed E-state index contributed by atoms with van der Waals surface area (Å²) in [5, 5.41) is 5.21. The lowest BCUT2D eigenvalue weighted by atomic mass is 10.2. The molecule has 2 rings (SSSR count). The molecule has 2 aromatic heterocycles. The highest BCUT2D eigenvalue weighted by Gasteiger charge is 2.11. The second kappa shape index (κ2) is 5.82. The summed E-state index contributed by atoms with van der Waals surface area (Å²) in [5.74, 6) is -0.215. The van der Waals surface area contributed by atoms with E-state index in [4.69, 9.17) is 11.6 Å². The van der Waals surface area contributed by atoms with Gasteiger partial charge in [0.05, 0.1) is 17.1 Å². The van der Waals surface area contributed by atoms with Gasteiger partial charge in [-0.25, -0.2) is 0 Å². The largest absolute Gasteiger partial charge is 0.347 e. The van der Waals surface area contributed by atoms with Gasteiger partial charge in [-0.15, -0.1) is 11.3 Å². The number of nitrogens with one attached hydrogen (secondary N) is 1. The van der Waals surface area contributed by atoms with Crippen molar-refractivity contribution in [1.29, 1.82) is 0 Å². The van der Waals surface area contributed by atoms with Crippen molar-refractivity contribution in [2.24, 2.45) is 0 Å². The third kappa shape index (κ3) is 3.10. The Morgan fingerprint density at radius 1 is 1.61 bits per heavy atom. The fourth-order valence-electron chi connectivity index (χ4n) is 1.40. The molecule has 0 saturated heterocycles. The van der Waals surface area contributed by atoms with E-state index in [0.717, 1.165) is 15.0 Å². The molecule has 0 aliphatic heterocycles. The SMILES string of the molecule is Cc1cc(Cl)c(C(=O)NCc2sccc2Br)cn1. The van der Waals surface area contributed by atoms with Crippen molar-refractivity contribution in [1.82, 2.24) is 10.3 Å². The molecule has 0 radical (unpaired) electrons.